The molecule has 110 valence electrons. The number of benzene rings is 1. The van der Waals surface area contributed by atoms with E-state index in [-0.39, 0.29) is 29.0 Å². The van der Waals surface area contributed by atoms with Crippen LogP contribution in [0.3, 0.4) is 0 Å². The Labute approximate surface area is 123 Å². The lowest BCUT2D eigenvalue weighted by atomic mass is 10.0. The number of aromatic hydroxyl groups is 2. The van der Waals surface area contributed by atoms with E-state index in [9.17, 15) is 15.0 Å². The normalized spacial score (nSPS) is 17.6. The predicted octanol–water partition coefficient (Wildman–Crippen LogP) is 2.51. The number of hydrogen-bond acceptors (Lipinski definition) is 3. The molecule has 0 saturated carbocycles. The molecule has 2 N–H and O–H groups in total. The van der Waals surface area contributed by atoms with Gasteiger partial charge in [-0.1, -0.05) is 13.0 Å². The van der Waals surface area contributed by atoms with Gasteiger partial charge in [-0.3, -0.25) is 4.79 Å². The van der Waals surface area contributed by atoms with Crippen LogP contribution < -0.4 is 0 Å². The summed E-state index contributed by atoms with van der Waals surface area (Å²) in [5.74, 6) is -0.865. The maximum absolute atomic E-state index is 12.7. The summed E-state index contributed by atoms with van der Waals surface area (Å²) in [5.41, 5.74) is 1.25. The van der Waals surface area contributed by atoms with Crippen molar-refractivity contribution in [1.82, 2.24) is 9.47 Å². The van der Waals surface area contributed by atoms with E-state index >= 15 is 0 Å². The molecular formula is C16H18N2O3. The number of phenols is 2. The number of carbonyl (C=O) groups excluding carboxylic acids is 1. The van der Waals surface area contributed by atoms with Crippen LogP contribution in [0, 0.1) is 0 Å². The third kappa shape index (κ3) is 2.14. The van der Waals surface area contributed by atoms with Crippen molar-refractivity contribution in [2.45, 2.75) is 25.9 Å². The maximum atomic E-state index is 12.7. The number of para-hydroxylation sites is 1. The van der Waals surface area contributed by atoms with Crippen LogP contribution in [-0.2, 0) is 6.54 Å². The number of hydrogen-bond donors (Lipinski definition) is 2. The molecule has 0 radical (unpaired) electrons. The number of fused-ring (bicyclic) bond motifs is 1. The highest BCUT2D eigenvalue weighted by atomic mass is 16.3. The highest BCUT2D eigenvalue weighted by Crippen LogP contribution is 2.34. The molecule has 0 aliphatic carbocycles. The molecule has 3 rings (SSSR count). The molecule has 5 nitrogen and oxygen atoms in total. The highest BCUT2D eigenvalue weighted by molar-refractivity contribution is 5.97. The average Bonchev–Trinajstić information content (AvgIpc) is 2.96. The quantitative estimate of drug-likeness (QED) is 0.834. The van der Waals surface area contributed by atoms with E-state index < -0.39 is 0 Å². The average molecular weight is 286 g/mol. The molecule has 1 atom stereocenters. The lowest BCUT2D eigenvalue weighted by Gasteiger charge is -2.36. The monoisotopic (exact) mass is 286 g/mol. The van der Waals surface area contributed by atoms with Crippen molar-refractivity contribution < 1.29 is 15.0 Å². The molecule has 1 aromatic heterocycles. The lowest BCUT2D eigenvalue weighted by molar-refractivity contribution is 0.0614. The van der Waals surface area contributed by atoms with Crippen LogP contribution in [0.4, 0.5) is 0 Å². The maximum Gasteiger partial charge on any atom is 0.258 e. The second-order valence-corrected chi connectivity index (χ2v) is 5.22. The van der Waals surface area contributed by atoms with Gasteiger partial charge in [0.05, 0.1) is 11.6 Å². The summed E-state index contributed by atoms with van der Waals surface area (Å²) in [6, 6.07) is 8.47. The minimum Gasteiger partial charge on any atom is -0.504 e. The van der Waals surface area contributed by atoms with Gasteiger partial charge in [-0.2, -0.15) is 0 Å². The lowest BCUT2D eigenvalue weighted by Crippen LogP contribution is -2.41. The number of aromatic nitrogens is 1. The Morgan fingerprint density at radius 1 is 1.24 bits per heavy atom. The summed E-state index contributed by atoms with van der Waals surface area (Å²) in [6.45, 7) is 3.37. The van der Waals surface area contributed by atoms with Crippen LogP contribution in [0.2, 0.25) is 0 Å². The van der Waals surface area contributed by atoms with E-state index in [0.717, 1.165) is 18.7 Å². The number of carbonyl (C=O) groups is 1. The smallest absolute Gasteiger partial charge is 0.258 e. The molecule has 0 bridgehead atoms. The van der Waals surface area contributed by atoms with Gasteiger partial charge in [0.2, 0.25) is 0 Å². The fraction of sp³-hybridized carbons (Fsp3) is 0.312. The van der Waals surface area contributed by atoms with E-state index in [1.807, 2.05) is 25.3 Å². The van der Waals surface area contributed by atoms with Gasteiger partial charge in [-0.05, 0) is 30.7 Å². The first-order valence-corrected chi connectivity index (χ1v) is 7.10. The van der Waals surface area contributed by atoms with Crippen LogP contribution in [0.15, 0.2) is 36.5 Å². The van der Waals surface area contributed by atoms with Crippen LogP contribution in [0.1, 0.15) is 35.4 Å². The van der Waals surface area contributed by atoms with E-state index in [0.29, 0.717) is 6.54 Å². The van der Waals surface area contributed by atoms with Crippen molar-refractivity contribution in [2.24, 2.45) is 0 Å². The summed E-state index contributed by atoms with van der Waals surface area (Å²) in [7, 11) is 0. The molecule has 2 aromatic rings. The number of amides is 1. The molecule has 0 fully saturated rings. The Morgan fingerprint density at radius 2 is 2.05 bits per heavy atom. The molecule has 1 amide bonds. The van der Waals surface area contributed by atoms with Crippen molar-refractivity contribution in [3.05, 3.63) is 47.8 Å². The van der Waals surface area contributed by atoms with Gasteiger partial charge < -0.3 is 19.7 Å². The molecule has 0 saturated heterocycles. The molecule has 1 aliphatic rings. The molecule has 1 aliphatic heterocycles. The fourth-order valence-electron chi connectivity index (χ4n) is 3.00. The van der Waals surface area contributed by atoms with Gasteiger partial charge in [0.25, 0.3) is 5.91 Å². The summed E-state index contributed by atoms with van der Waals surface area (Å²) >= 11 is 0. The van der Waals surface area contributed by atoms with E-state index in [1.165, 1.54) is 12.1 Å². The van der Waals surface area contributed by atoms with Crippen LogP contribution in [-0.4, -0.2) is 32.1 Å². The first-order chi connectivity index (χ1) is 10.1. The van der Waals surface area contributed by atoms with Gasteiger partial charge in [0.1, 0.15) is 0 Å². The van der Waals surface area contributed by atoms with Crippen molar-refractivity contribution in [1.29, 1.82) is 0 Å². The molecule has 2 heterocycles. The van der Waals surface area contributed by atoms with Crippen molar-refractivity contribution >= 4 is 5.91 Å². The Morgan fingerprint density at radius 3 is 2.81 bits per heavy atom. The third-order valence-electron chi connectivity index (χ3n) is 4.06. The Bertz CT molecular complexity index is 678. The molecule has 1 unspecified atom stereocenters. The molecule has 1 aromatic carbocycles. The molecular weight excluding hydrogens is 268 g/mol. The summed E-state index contributed by atoms with van der Waals surface area (Å²) < 4.78 is 2.15. The first kappa shape index (κ1) is 13.5. The van der Waals surface area contributed by atoms with Crippen molar-refractivity contribution in [3.63, 3.8) is 0 Å². The number of rotatable bonds is 2. The molecule has 21 heavy (non-hydrogen) atoms. The summed E-state index contributed by atoms with van der Waals surface area (Å²) in [6.07, 6.45) is 2.82. The van der Waals surface area contributed by atoms with Crippen LogP contribution in [0.5, 0.6) is 11.5 Å². The standard InChI is InChI=1S/C16H18N2O3/c1-2-12-13-6-4-8-17(13)9-10-18(12)16(21)11-5-3-7-14(19)15(11)20/h3-8,12,19-20H,2,9-10H2,1H3. The Hall–Kier alpha value is -2.43. The van der Waals surface area contributed by atoms with Crippen LogP contribution in [0.25, 0.3) is 0 Å². The zero-order chi connectivity index (χ0) is 15.0. The largest absolute Gasteiger partial charge is 0.504 e. The SMILES string of the molecule is CCC1c2cccn2CCN1C(=O)c1cccc(O)c1O. The van der Waals surface area contributed by atoms with E-state index in [1.54, 1.807) is 11.0 Å². The topological polar surface area (TPSA) is 65.7 Å². The number of nitrogens with zero attached hydrogens (tertiary/aromatic N) is 2. The van der Waals surface area contributed by atoms with Gasteiger partial charge in [-0.25, -0.2) is 0 Å². The number of phenolic OH excluding ortho intramolecular Hbond substituents is 2. The summed E-state index contributed by atoms with van der Waals surface area (Å²) in [4.78, 5) is 14.5. The minimum atomic E-state index is -0.349. The van der Waals surface area contributed by atoms with E-state index in [2.05, 4.69) is 4.57 Å². The highest BCUT2D eigenvalue weighted by Gasteiger charge is 2.31. The third-order valence-corrected chi connectivity index (χ3v) is 4.06. The van der Waals surface area contributed by atoms with Crippen molar-refractivity contribution in [3.8, 4) is 11.5 Å². The van der Waals surface area contributed by atoms with Gasteiger partial charge in [0, 0.05) is 25.0 Å². The predicted molar refractivity (Wildman–Crippen MR) is 78.3 cm³/mol. The minimum absolute atomic E-state index is 0.0111. The molecule has 0 spiro atoms. The first-order valence-electron chi connectivity index (χ1n) is 7.10. The van der Waals surface area contributed by atoms with E-state index in [4.69, 9.17) is 0 Å². The zero-order valence-electron chi connectivity index (χ0n) is 11.9. The second-order valence-electron chi connectivity index (χ2n) is 5.22. The Balaban J connectivity index is 1.97. The summed E-state index contributed by atoms with van der Waals surface area (Å²) in [5, 5.41) is 19.5. The zero-order valence-corrected chi connectivity index (χ0v) is 11.9. The van der Waals surface area contributed by atoms with Gasteiger partial charge in [0.15, 0.2) is 11.5 Å². The fourth-order valence-corrected chi connectivity index (χ4v) is 3.00. The van der Waals surface area contributed by atoms with Crippen LogP contribution >= 0.6 is 0 Å². The second kappa shape index (κ2) is 5.16. The Kier molecular flexibility index (Phi) is 3.33. The van der Waals surface area contributed by atoms with Gasteiger partial charge in [-0.15, -0.1) is 0 Å². The van der Waals surface area contributed by atoms with Gasteiger partial charge >= 0.3 is 0 Å². The van der Waals surface area contributed by atoms with Crippen molar-refractivity contribution in [2.75, 3.05) is 6.54 Å². The molecule has 5 heteroatoms.